The van der Waals surface area contributed by atoms with Crippen LogP contribution in [-0.2, 0) is 25.6 Å². The Hall–Kier alpha value is -2.91. The predicted octanol–water partition coefficient (Wildman–Crippen LogP) is 4.38. The molecule has 0 aromatic heterocycles. The Morgan fingerprint density at radius 3 is 2.39 bits per heavy atom. The van der Waals surface area contributed by atoms with E-state index in [-0.39, 0.29) is 11.5 Å². The zero-order valence-electron chi connectivity index (χ0n) is 17.8. The third kappa shape index (κ3) is 7.30. The minimum atomic E-state index is -4.12. The Morgan fingerprint density at radius 1 is 1.03 bits per heavy atom. The second-order valence-electron chi connectivity index (χ2n) is 7.36. The number of aryl methyl sites for hydroxylation is 1. The molecule has 9 heteroatoms. The molecule has 0 heterocycles. The van der Waals surface area contributed by atoms with Crippen LogP contribution >= 0.6 is 11.6 Å². The number of nitrogens with one attached hydrogen (secondary N) is 1. The number of carbonyl (C=O) groups is 1. The zero-order chi connectivity index (χ0) is 23.8. The summed E-state index contributed by atoms with van der Waals surface area (Å²) < 4.78 is 35.5. The van der Waals surface area contributed by atoms with Crippen molar-refractivity contribution in [1.29, 1.82) is 0 Å². The van der Waals surface area contributed by atoms with Crippen molar-refractivity contribution in [1.82, 2.24) is 5.32 Å². The topological polar surface area (TPSA) is 102 Å². The summed E-state index contributed by atoms with van der Waals surface area (Å²) in [7, 11) is -4.12. The molecule has 0 aliphatic rings. The van der Waals surface area contributed by atoms with Gasteiger partial charge in [-0.05, 0) is 42.3 Å². The Bertz CT molecular complexity index is 1170. The van der Waals surface area contributed by atoms with Gasteiger partial charge in [0, 0.05) is 5.02 Å². The minimum absolute atomic E-state index is 0.00910. The molecule has 2 atom stereocenters. The molecule has 0 bridgehead atoms. The maximum atomic E-state index is 12.6. The molecule has 2 unspecified atom stereocenters. The summed E-state index contributed by atoms with van der Waals surface area (Å²) in [4.78, 5) is 12.4. The van der Waals surface area contributed by atoms with Crippen LogP contribution in [-0.4, -0.2) is 32.3 Å². The summed E-state index contributed by atoms with van der Waals surface area (Å²) in [5.74, 6) is 0. The largest absolute Gasteiger partial charge is 0.445 e. The Kier molecular flexibility index (Phi) is 8.46. The lowest BCUT2D eigenvalue weighted by Gasteiger charge is -2.24. The van der Waals surface area contributed by atoms with E-state index < -0.39 is 35.0 Å². The van der Waals surface area contributed by atoms with Gasteiger partial charge in [-0.1, -0.05) is 71.8 Å². The fraction of sp³-hybridized carbons (Fsp3) is 0.208. The van der Waals surface area contributed by atoms with E-state index in [0.29, 0.717) is 10.6 Å². The van der Waals surface area contributed by atoms with Crippen LogP contribution < -0.4 is 5.32 Å². The zero-order valence-corrected chi connectivity index (χ0v) is 19.4. The summed E-state index contributed by atoms with van der Waals surface area (Å²) in [6.45, 7) is 1.32. The van der Waals surface area contributed by atoms with Crippen molar-refractivity contribution >= 4 is 27.8 Å². The van der Waals surface area contributed by atoms with Crippen LogP contribution in [0.15, 0.2) is 83.8 Å². The quantitative estimate of drug-likeness (QED) is 0.432. The second kappa shape index (κ2) is 11.3. The number of amides is 1. The monoisotopic (exact) mass is 489 g/mol. The van der Waals surface area contributed by atoms with E-state index in [2.05, 4.69) is 5.32 Å². The average molecular weight is 490 g/mol. The van der Waals surface area contributed by atoms with Crippen LogP contribution in [0, 0.1) is 6.92 Å². The number of benzene rings is 3. The van der Waals surface area contributed by atoms with Gasteiger partial charge in [0.25, 0.3) is 10.1 Å². The number of hydrogen-bond acceptors (Lipinski definition) is 6. The highest BCUT2D eigenvalue weighted by atomic mass is 35.5. The van der Waals surface area contributed by atoms with Crippen LogP contribution in [0.4, 0.5) is 4.79 Å². The average Bonchev–Trinajstić information content (AvgIpc) is 2.81. The third-order valence-electron chi connectivity index (χ3n) is 4.80. The molecule has 0 aliphatic carbocycles. The summed E-state index contributed by atoms with van der Waals surface area (Å²) >= 11 is 6.01. The van der Waals surface area contributed by atoms with Gasteiger partial charge in [-0.25, -0.2) is 4.79 Å². The van der Waals surface area contributed by atoms with Gasteiger partial charge in [0.15, 0.2) is 0 Å². The third-order valence-corrected chi connectivity index (χ3v) is 6.33. The highest BCUT2D eigenvalue weighted by Gasteiger charge is 2.27. The van der Waals surface area contributed by atoms with Crippen molar-refractivity contribution < 1.29 is 27.2 Å². The highest BCUT2D eigenvalue weighted by molar-refractivity contribution is 7.86. The minimum Gasteiger partial charge on any atom is -0.445 e. The fourth-order valence-electron chi connectivity index (χ4n) is 2.99. The fourth-order valence-corrected chi connectivity index (χ4v) is 4.12. The first-order valence-corrected chi connectivity index (χ1v) is 11.9. The SMILES string of the molecule is Cc1ccc(S(=O)(=O)OCC(NC(=O)OCc2ccccc2)C(O)c2cccc(Cl)c2)cc1. The Balaban J connectivity index is 1.73. The first-order valence-electron chi connectivity index (χ1n) is 10.1. The summed E-state index contributed by atoms with van der Waals surface area (Å²) in [6.07, 6.45) is -2.14. The normalized spacial score (nSPS) is 13.2. The Labute approximate surface area is 198 Å². The summed E-state index contributed by atoms with van der Waals surface area (Å²) in [5, 5.41) is 13.7. The molecular formula is C24H24ClNO6S. The lowest BCUT2D eigenvalue weighted by molar-refractivity contribution is 0.0827. The van der Waals surface area contributed by atoms with Gasteiger partial charge in [0.05, 0.1) is 17.5 Å². The lowest BCUT2D eigenvalue weighted by Crippen LogP contribution is -2.43. The molecule has 3 aromatic carbocycles. The number of hydrogen-bond donors (Lipinski definition) is 2. The van der Waals surface area contributed by atoms with Crippen LogP contribution in [0.5, 0.6) is 0 Å². The highest BCUT2D eigenvalue weighted by Crippen LogP contribution is 2.22. The standard InChI is InChI=1S/C24H24ClNO6S/c1-17-10-12-21(13-11-17)33(29,30)32-16-22(23(27)19-8-5-9-20(25)14-19)26-24(28)31-15-18-6-3-2-4-7-18/h2-14,22-23,27H,15-16H2,1H3,(H,26,28). The molecule has 3 aromatic rings. The molecule has 0 radical (unpaired) electrons. The maximum absolute atomic E-state index is 12.6. The van der Waals surface area contributed by atoms with Crippen molar-refractivity contribution in [3.8, 4) is 0 Å². The lowest BCUT2D eigenvalue weighted by atomic mass is 10.0. The molecule has 0 spiro atoms. The second-order valence-corrected chi connectivity index (χ2v) is 9.42. The van der Waals surface area contributed by atoms with Gasteiger partial charge in [0.2, 0.25) is 0 Å². The first kappa shape index (κ1) is 24.7. The van der Waals surface area contributed by atoms with E-state index in [1.54, 1.807) is 42.5 Å². The van der Waals surface area contributed by atoms with E-state index in [0.717, 1.165) is 11.1 Å². The van der Waals surface area contributed by atoms with Gasteiger partial charge in [-0.15, -0.1) is 0 Å². The van der Waals surface area contributed by atoms with Gasteiger partial charge in [-0.2, -0.15) is 8.42 Å². The molecule has 0 fully saturated rings. The number of alkyl carbamates (subject to hydrolysis) is 1. The van der Waals surface area contributed by atoms with Crippen molar-refractivity contribution in [2.75, 3.05) is 6.61 Å². The first-order chi connectivity index (χ1) is 15.7. The molecule has 1 amide bonds. The van der Waals surface area contributed by atoms with Crippen LogP contribution in [0.25, 0.3) is 0 Å². The van der Waals surface area contributed by atoms with E-state index in [1.807, 2.05) is 25.1 Å². The van der Waals surface area contributed by atoms with Crippen molar-refractivity contribution in [3.05, 3.63) is 101 Å². The Morgan fingerprint density at radius 2 is 1.73 bits per heavy atom. The number of carbonyl (C=O) groups excluding carboxylic acids is 1. The van der Waals surface area contributed by atoms with E-state index >= 15 is 0 Å². The van der Waals surface area contributed by atoms with Crippen LogP contribution in [0.3, 0.4) is 0 Å². The van der Waals surface area contributed by atoms with E-state index in [1.165, 1.54) is 18.2 Å². The van der Waals surface area contributed by atoms with Crippen molar-refractivity contribution in [2.45, 2.75) is 30.6 Å². The molecule has 2 N–H and O–H groups in total. The number of aliphatic hydroxyl groups is 1. The smallest absolute Gasteiger partial charge is 0.407 e. The number of ether oxygens (including phenoxy) is 1. The van der Waals surface area contributed by atoms with E-state index in [9.17, 15) is 18.3 Å². The van der Waals surface area contributed by atoms with Gasteiger partial charge in [-0.3, -0.25) is 4.18 Å². The van der Waals surface area contributed by atoms with Gasteiger partial charge >= 0.3 is 6.09 Å². The number of rotatable bonds is 9. The predicted molar refractivity (Wildman–Crippen MR) is 124 cm³/mol. The van der Waals surface area contributed by atoms with Crippen molar-refractivity contribution in [3.63, 3.8) is 0 Å². The van der Waals surface area contributed by atoms with Gasteiger partial charge in [0.1, 0.15) is 12.7 Å². The van der Waals surface area contributed by atoms with Crippen LogP contribution in [0.2, 0.25) is 5.02 Å². The molecule has 7 nitrogen and oxygen atoms in total. The van der Waals surface area contributed by atoms with E-state index in [4.69, 9.17) is 20.5 Å². The molecule has 174 valence electrons. The molecular weight excluding hydrogens is 466 g/mol. The molecule has 0 aliphatic heterocycles. The summed E-state index contributed by atoms with van der Waals surface area (Å²) in [6, 6.07) is 20.5. The number of halogens is 1. The molecule has 0 saturated carbocycles. The van der Waals surface area contributed by atoms with Crippen molar-refractivity contribution in [2.24, 2.45) is 0 Å². The molecule has 3 rings (SSSR count). The maximum Gasteiger partial charge on any atom is 0.407 e. The van der Waals surface area contributed by atoms with Crippen LogP contribution in [0.1, 0.15) is 22.8 Å². The molecule has 33 heavy (non-hydrogen) atoms. The summed E-state index contributed by atoms with van der Waals surface area (Å²) in [5.41, 5.74) is 2.05. The van der Waals surface area contributed by atoms with Gasteiger partial charge < -0.3 is 15.2 Å². The number of aliphatic hydroxyl groups excluding tert-OH is 1. The molecule has 0 saturated heterocycles.